The summed E-state index contributed by atoms with van der Waals surface area (Å²) in [6.45, 7) is 2.48. The molecule has 1 aliphatic heterocycles. The van der Waals surface area contributed by atoms with Crippen molar-refractivity contribution in [1.29, 1.82) is 0 Å². The Balaban J connectivity index is 1.65. The van der Waals surface area contributed by atoms with E-state index in [4.69, 9.17) is 0 Å². The first-order valence-electron chi connectivity index (χ1n) is 9.39. The second-order valence-corrected chi connectivity index (χ2v) is 8.03. The fourth-order valence-corrected chi connectivity index (χ4v) is 4.17. The third kappa shape index (κ3) is 4.18. The minimum atomic E-state index is -4.58. The molecule has 4 heterocycles. The second-order valence-electron chi connectivity index (χ2n) is 7.08. The maximum Gasteiger partial charge on any atom is 0.433 e. The standard InChI is InChI=1S/C20H18F3N5OS/c1-12-14(9-24-11-25-12)19(29)28-6-2-4-13(10-28)18-26-15(16-5-3-7-30-16)8-17(27-18)20(21,22)23/h3,5,7-9,11,13H,2,4,6,10H2,1H3. The summed E-state index contributed by atoms with van der Waals surface area (Å²) in [7, 11) is 0. The molecule has 0 saturated carbocycles. The van der Waals surface area contributed by atoms with Crippen molar-refractivity contribution in [2.24, 2.45) is 0 Å². The van der Waals surface area contributed by atoms with Crippen molar-refractivity contribution in [2.45, 2.75) is 31.9 Å². The van der Waals surface area contributed by atoms with E-state index in [-0.39, 0.29) is 29.9 Å². The van der Waals surface area contributed by atoms with E-state index in [9.17, 15) is 18.0 Å². The highest BCUT2D eigenvalue weighted by atomic mass is 32.1. The van der Waals surface area contributed by atoms with Crippen LogP contribution in [0.5, 0.6) is 0 Å². The quantitative estimate of drug-likeness (QED) is 0.614. The summed E-state index contributed by atoms with van der Waals surface area (Å²) in [4.78, 5) is 31.4. The lowest BCUT2D eigenvalue weighted by Gasteiger charge is -2.32. The van der Waals surface area contributed by atoms with E-state index in [1.165, 1.54) is 23.9 Å². The molecule has 0 aliphatic carbocycles. The molecule has 0 N–H and O–H groups in total. The fourth-order valence-electron chi connectivity index (χ4n) is 3.49. The Kier molecular flexibility index (Phi) is 5.50. The molecule has 6 nitrogen and oxygen atoms in total. The van der Waals surface area contributed by atoms with Gasteiger partial charge in [-0.1, -0.05) is 6.07 Å². The SMILES string of the molecule is Cc1ncncc1C(=O)N1CCCC(c2nc(-c3cccs3)cc(C(F)(F)F)n2)C1. The van der Waals surface area contributed by atoms with Gasteiger partial charge >= 0.3 is 6.18 Å². The zero-order chi connectivity index (χ0) is 21.3. The summed E-state index contributed by atoms with van der Waals surface area (Å²) < 4.78 is 40.4. The van der Waals surface area contributed by atoms with Crippen LogP contribution in [-0.4, -0.2) is 43.8 Å². The third-order valence-electron chi connectivity index (χ3n) is 5.02. The number of alkyl halides is 3. The van der Waals surface area contributed by atoms with Crippen LogP contribution in [0.1, 0.15) is 46.3 Å². The van der Waals surface area contributed by atoms with Crippen molar-refractivity contribution in [3.63, 3.8) is 0 Å². The summed E-state index contributed by atoms with van der Waals surface area (Å²) in [5.41, 5.74) is 0.236. The molecular weight excluding hydrogens is 415 g/mol. The molecule has 3 aromatic rings. The van der Waals surface area contributed by atoms with Gasteiger partial charge in [0.15, 0.2) is 0 Å². The number of hydrogen-bond donors (Lipinski definition) is 0. The average Bonchev–Trinajstić information content (AvgIpc) is 3.28. The summed E-state index contributed by atoms with van der Waals surface area (Å²) >= 11 is 1.32. The first-order valence-corrected chi connectivity index (χ1v) is 10.3. The van der Waals surface area contributed by atoms with Crippen molar-refractivity contribution in [2.75, 3.05) is 13.1 Å². The number of thiophene rings is 1. The van der Waals surface area contributed by atoms with Crippen LogP contribution in [0.25, 0.3) is 10.6 Å². The Morgan fingerprint density at radius 2 is 2.13 bits per heavy atom. The van der Waals surface area contributed by atoms with Crippen LogP contribution in [-0.2, 0) is 6.18 Å². The Hall–Kier alpha value is -2.88. The largest absolute Gasteiger partial charge is 0.433 e. The van der Waals surface area contributed by atoms with Gasteiger partial charge in [-0.3, -0.25) is 4.79 Å². The van der Waals surface area contributed by atoms with Gasteiger partial charge in [0.25, 0.3) is 5.91 Å². The lowest BCUT2D eigenvalue weighted by Crippen LogP contribution is -2.40. The number of hydrogen-bond acceptors (Lipinski definition) is 6. The first-order chi connectivity index (χ1) is 14.3. The molecule has 1 saturated heterocycles. The van der Waals surface area contributed by atoms with E-state index >= 15 is 0 Å². The number of halogens is 3. The highest BCUT2D eigenvalue weighted by Gasteiger charge is 2.36. The second kappa shape index (κ2) is 8.10. The van der Waals surface area contributed by atoms with Crippen LogP contribution < -0.4 is 0 Å². The van der Waals surface area contributed by atoms with E-state index in [1.807, 2.05) is 0 Å². The van der Waals surface area contributed by atoms with Gasteiger partial charge in [-0.15, -0.1) is 11.3 Å². The van der Waals surface area contributed by atoms with Gasteiger partial charge in [-0.2, -0.15) is 13.2 Å². The summed E-state index contributed by atoms with van der Waals surface area (Å²) in [6.07, 6.45) is -0.486. The fraction of sp³-hybridized carbons (Fsp3) is 0.350. The summed E-state index contributed by atoms with van der Waals surface area (Å²) in [5, 5.41) is 1.79. The molecule has 4 rings (SSSR count). The number of piperidine rings is 1. The number of likely N-dealkylation sites (tertiary alicyclic amines) is 1. The number of aryl methyl sites for hydroxylation is 1. The number of nitrogens with zero attached hydrogens (tertiary/aromatic N) is 5. The average molecular weight is 433 g/mol. The van der Waals surface area contributed by atoms with Crippen molar-refractivity contribution >= 4 is 17.2 Å². The lowest BCUT2D eigenvalue weighted by atomic mass is 9.96. The van der Waals surface area contributed by atoms with E-state index in [0.717, 1.165) is 6.07 Å². The van der Waals surface area contributed by atoms with Crippen molar-refractivity contribution < 1.29 is 18.0 Å². The van der Waals surface area contributed by atoms with E-state index in [0.29, 0.717) is 35.5 Å². The molecule has 1 unspecified atom stereocenters. The number of rotatable bonds is 3. The summed E-state index contributed by atoms with van der Waals surface area (Å²) in [5.74, 6) is -0.497. The van der Waals surface area contributed by atoms with Crippen LogP contribution in [0.15, 0.2) is 36.1 Å². The minimum absolute atomic E-state index is 0.117. The predicted molar refractivity (Wildman–Crippen MR) is 105 cm³/mol. The van der Waals surface area contributed by atoms with Gasteiger partial charge in [0.2, 0.25) is 0 Å². The molecule has 1 fully saturated rings. The van der Waals surface area contributed by atoms with Gasteiger partial charge in [-0.25, -0.2) is 19.9 Å². The van der Waals surface area contributed by atoms with Crippen LogP contribution in [0.2, 0.25) is 0 Å². The molecular formula is C20H18F3N5OS. The Morgan fingerprint density at radius 1 is 1.30 bits per heavy atom. The molecule has 3 aromatic heterocycles. The van der Waals surface area contributed by atoms with Crippen LogP contribution >= 0.6 is 11.3 Å². The Morgan fingerprint density at radius 3 is 2.83 bits per heavy atom. The highest BCUT2D eigenvalue weighted by Crippen LogP contribution is 2.34. The molecule has 0 radical (unpaired) electrons. The molecule has 1 aliphatic rings. The lowest BCUT2D eigenvalue weighted by molar-refractivity contribution is -0.141. The molecule has 156 valence electrons. The third-order valence-corrected chi connectivity index (χ3v) is 5.92. The van der Waals surface area contributed by atoms with Crippen LogP contribution in [0.3, 0.4) is 0 Å². The van der Waals surface area contributed by atoms with Crippen LogP contribution in [0, 0.1) is 6.92 Å². The zero-order valence-electron chi connectivity index (χ0n) is 16.1. The minimum Gasteiger partial charge on any atom is -0.338 e. The molecule has 1 amide bonds. The number of aromatic nitrogens is 4. The highest BCUT2D eigenvalue weighted by molar-refractivity contribution is 7.13. The van der Waals surface area contributed by atoms with Crippen molar-refractivity contribution in [3.8, 4) is 10.6 Å². The van der Waals surface area contributed by atoms with Gasteiger partial charge < -0.3 is 4.90 Å². The summed E-state index contributed by atoms with van der Waals surface area (Å²) in [6, 6.07) is 4.47. The first kappa shape index (κ1) is 20.4. The van der Waals surface area contributed by atoms with Gasteiger partial charge in [0, 0.05) is 25.2 Å². The number of carbonyl (C=O) groups is 1. The van der Waals surface area contributed by atoms with Gasteiger partial charge in [0.05, 0.1) is 21.8 Å². The molecule has 10 heteroatoms. The van der Waals surface area contributed by atoms with E-state index < -0.39 is 11.9 Å². The smallest absolute Gasteiger partial charge is 0.338 e. The van der Waals surface area contributed by atoms with E-state index in [2.05, 4.69) is 19.9 Å². The maximum absolute atomic E-state index is 13.5. The topological polar surface area (TPSA) is 71.9 Å². The molecule has 0 bridgehead atoms. The molecule has 0 spiro atoms. The molecule has 1 atom stereocenters. The number of amides is 1. The molecule has 0 aromatic carbocycles. The maximum atomic E-state index is 13.5. The van der Waals surface area contributed by atoms with Crippen LogP contribution in [0.4, 0.5) is 13.2 Å². The monoisotopic (exact) mass is 433 g/mol. The zero-order valence-corrected chi connectivity index (χ0v) is 16.9. The number of carbonyl (C=O) groups excluding carboxylic acids is 1. The Bertz CT molecular complexity index is 1050. The predicted octanol–water partition coefficient (Wildman–Crippen LogP) is 4.34. The van der Waals surface area contributed by atoms with E-state index in [1.54, 1.807) is 29.3 Å². The van der Waals surface area contributed by atoms with Gasteiger partial charge in [0.1, 0.15) is 17.8 Å². The molecule has 30 heavy (non-hydrogen) atoms. The Labute approximate surface area is 174 Å². The van der Waals surface area contributed by atoms with Gasteiger partial charge in [-0.05, 0) is 37.3 Å². The van der Waals surface area contributed by atoms with Crippen molar-refractivity contribution in [3.05, 3.63) is 58.9 Å². The normalized spacial score (nSPS) is 17.2. The van der Waals surface area contributed by atoms with Crippen molar-refractivity contribution in [1.82, 2.24) is 24.8 Å².